The molecule has 0 saturated carbocycles. The summed E-state index contributed by atoms with van der Waals surface area (Å²) in [5.41, 5.74) is 2.48. The van der Waals surface area contributed by atoms with E-state index in [9.17, 15) is 5.11 Å². The minimum atomic E-state index is -0.758. The van der Waals surface area contributed by atoms with Crippen molar-refractivity contribution in [2.24, 2.45) is 0 Å². The number of aromatic nitrogens is 2. The monoisotopic (exact) mass is 390 g/mol. The molecule has 7 heteroatoms. The van der Waals surface area contributed by atoms with Crippen molar-refractivity contribution in [2.75, 3.05) is 19.6 Å². The lowest BCUT2D eigenvalue weighted by atomic mass is 10.1. The molecule has 0 spiro atoms. The Hall–Kier alpha value is -2.02. The molecule has 1 saturated heterocycles. The number of likely N-dealkylation sites (tertiary alicyclic amines) is 1. The molecule has 0 bridgehead atoms. The highest BCUT2D eigenvalue weighted by Crippen LogP contribution is 2.19. The maximum absolute atomic E-state index is 10.5. The van der Waals surface area contributed by atoms with Gasteiger partial charge in [-0.1, -0.05) is 12.1 Å². The summed E-state index contributed by atoms with van der Waals surface area (Å²) < 4.78 is 9.28. The van der Waals surface area contributed by atoms with E-state index in [1.54, 1.807) is 23.3 Å². The molecule has 27 heavy (non-hydrogen) atoms. The molecule has 3 N–H and O–H groups in total. The summed E-state index contributed by atoms with van der Waals surface area (Å²) in [5, 5.41) is 19.2. The lowest BCUT2D eigenvalue weighted by molar-refractivity contribution is -0.905. The van der Waals surface area contributed by atoms with Crippen molar-refractivity contribution in [3.8, 4) is 0 Å². The smallest absolute Gasteiger partial charge is 0.203 e. The first kappa shape index (κ1) is 19.7. The van der Waals surface area contributed by atoms with E-state index in [0.29, 0.717) is 17.9 Å². The fraction of sp³-hybridized carbons (Fsp3) is 0.450. The first-order valence-corrected chi connectivity index (χ1v) is 9.52. The number of hydrogen-bond acceptors (Lipinski definition) is 3. The summed E-state index contributed by atoms with van der Waals surface area (Å²) in [5.74, 6) is 0.534. The van der Waals surface area contributed by atoms with E-state index in [4.69, 9.17) is 9.83 Å². The zero-order chi connectivity index (χ0) is 17.9. The molecule has 3 heterocycles. The summed E-state index contributed by atoms with van der Waals surface area (Å²) in [6.07, 6.45) is 4.78. The van der Waals surface area contributed by atoms with Crippen LogP contribution in [0.1, 0.15) is 31.1 Å². The molecule has 1 fully saturated rings. The summed E-state index contributed by atoms with van der Waals surface area (Å²) in [6.45, 7) is 4.67. The number of benzene rings is 1. The zero-order valence-electron chi connectivity index (χ0n) is 15.4. The fourth-order valence-electron chi connectivity index (χ4n) is 4.02. The average Bonchev–Trinajstić information content (AvgIpc) is 3.29. The van der Waals surface area contributed by atoms with Crippen LogP contribution in [0.2, 0.25) is 0 Å². The van der Waals surface area contributed by atoms with Gasteiger partial charge in [0.1, 0.15) is 11.9 Å². The van der Waals surface area contributed by atoms with Crippen LogP contribution in [0, 0.1) is 5.41 Å². The van der Waals surface area contributed by atoms with Gasteiger partial charge < -0.3 is 36.0 Å². The van der Waals surface area contributed by atoms with Gasteiger partial charge in [-0.05, 0) is 43.5 Å². The normalized spacial score (nSPS) is 16.3. The van der Waals surface area contributed by atoms with E-state index in [-0.39, 0.29) is 12.4 Å². The topological polar surface area (TPSA) is 71.5 Å². The van der Waals surface area contributed by atoms with Crippen LogP contribution in [0.3, 0.4) is 0 Å². The zero-order valence-corrected chi connectivity index (χ0v) is 16.2. The number of fused-ring (bicyclic) bond motifs is 1. The Labute approximate surface area is 164 Å². The Bertz CT molecular complexity index is 910. The molecule has 6 nitrogen and oxygen atoms in total. The van der Waals surface area contributed by atoms with E-state index in [2.05, 4.69) is 10.6 Å². The number of aliphatic hydroxyl groups is 1. The van der Waals surface area contributed by atoms with Gasteiger partial charge in [-0.25, -0.2) is 0 Å². The molecule has 1 atom stereocenters. The van der Waals surface area contributed by atoms with Gasteiger partial charge in [0, 0.05) is 0 Å². The van der Waals surface area contributed by atoms with Gasteiger partial charge in [0.05, 0.1) is 50.0 Å². The molecule has 0 amide bonds. The van der Waals surface area contributed by atoms with Crippen LogP contribution in [0.5, 0.6) is 0 Å². The van der Waals surface area contributed by atoms with Crippen molar-refractivity contribution < 1.29 is 26.8 Å². The third kappa shape index (κ3) is 4.13. The first-order chi connectivity index (χ1) is 12.7. The number of nitrogens with zero attached hydrogens (tertiary/aromatic N) is 2. The molecule has 2 aromatic heterocycles. The van der Waals surface area contributed by atoms with Crippen LogP contribution in [-0.2, 0) is 13.1 Å². The summed E-state index contributed by atoms with van der Waals surface area (Å²) >= 11 is 0. The second-order valence-corrected chi connectivity index (χ2v) is 7.17. The lowest BCUT2D eigenvalue weighted by Crippen LogP contribution is -3.13. The maximum atomic E-state index is 10.5. The second kappa shape index (κ2) is 8.78. The second-order valence-electron chi connectivity index (χ2n) is 7.17. The van der Waals surface area contributed by atoms with E-state index >= 15 is 0 Å². The van der Waals surface area contributed by atoms with Crippen LogP contribution in [-0.4, -0.2) is 33.9 Å². The van der Waals surface area contributed by atoms with Gasteiger partial charge in [0.2, 0.25) is 5.62 Å². The van der Waals surface area contributed by atoms with Crippen LogP contribution >= 0.6 is 0 Å². The quantitative estimate of drug-likeness (QED) is 0.470. The molecule has 1 unspecified atom stereocenters. The van der Waals surface area contributed by atoms with Gasteiger partial charge in [0.25, 0.3) is 0 Å². The third-order valence-corrected chi connectivity index (χ3v) is 5.45. The fourth-order valence-corrected chi connectivity index (χ4v) is 4.02. The number of quaternary nitrogens is 1. The molecule has 4 rings (SSSR count). The number of imidazole rings is 1. The van der Waals surface area contributed by atoms with Crippen molar-refractivity contribution in [3.63, 3.8) is 0 Å². The first-order valence-electron chi connectivity index (χ1n) is 9.52. The van der Waals surface area contributed by atoms with E-state index < -0.39 is 6.10 Å². The highest BCUT2D eigenvalue weighted by molar-refractivity contribution is 5.75. The van der Waals surface area contributed by atoms with Gasteiger partial charge in [-0.3, -0.25) is 5.41 Å². The van der Waals surface area contributed by atoms with Crippen LogP contribution in [0.4, 0.5) is 0 Å². The van der Waals surface area contributed by atoms with Crippen molar-refractivity contribution in [3.05, 3.63) is 54.0 Å². The Morgan fingerprint density at radius 2 is 1.74 bits per heavy atom. The molecule has 0 aliphatic carbocycles. The van der Waals surface area contributed by atoms with Crippen LogP contribution in [0.25, 0.3) is 11.0 Å². The number of furan rings is 1. The Balaban J connectivity index is 0.00000210. The van der Waals surface area contributed by atoms with Gasteiger partial charge in [0.15, 0.2) is 0 Å². The van der Waals surface area contributed by atoms with Crippen molar-refractivity contribution in [1.29, 1.82) is 5.41 Å². The van der Waals surface area contributed by atoms with Crippen molar-refractivity contribution in [1.82, 2.24) is 9.13 Å². The van der Waals surface area contributed by atoms with Crippen LogP contribution < -0.4 is 22.9 Å². The highest BCUT2D eigenvalue weighted by atomic mass is 35.5. The van der Waals surface area contributed by atoms with Crippen molar-refractivity contribution in [2.45, 2.75) is 38.5 Å². The molecular formula is C20H27ClN4O2. The molecule has 0 radical (unpaired) electrons. The van der Waals surface area contributed by atoms with Crippen molar-refractivity contribution >= 4 is 11.0 Å². The predicted molar refractivity (Wildman–Crippen MR) is 98.9 cm³/mol. The SMILES string of the molecule is N=c1n(CC[NH+]2CCCCC2)c2ccccc2n1CC(O)c1ccco1.[Cl-]. The van der Waals surface area contributed by atoms with Gasteiger partial charge in [-0.15, -0.1) is 0 Å². The number of nitrogens with one attached hydrogen (secondary N) is 2. The summed E-state index contributed by atoms with van der Waals surface area (Å²) in [4.78, 5) is 1.63. The molecular weight excluding hydrogens is 364 g/mol. The minimum Gasteiger partial charge on any atom is -1.00 e. The average molecular weight is 391 g/mol. The lowest BCUT2D eigenvalue weighted by Gasteiger charge is -2.23. The molecule has 1 aromatic carbocycles. The minimum absolute atomic E-state index is 0. The van der Waals surface area contributed by atoms with Gasteiger partial charge >= 0.3 is 0 Å². The largest absolute Gasteiger partial charge is 1.00 e. The third-order valence-electron chi connectivity index (χ3n) is 5.45. The number of hydrogen-bond donors (Lipinski definition) is 3. The number of piperidine rings is 1. The molecule has 1 aliphatic rings. The standard InChI is InChI=1S/C20H26N4O2.ClH/c21-20-23(13-12-22-10-4-1-5-11-22)16-7-2-3-8-17(16)24(20)15-18(25)19-9-6-14-26-19;/h2-3,6-9,14,18,21,25H,1,4-5,10-13,15H2;1H. The van der Waals surface area contributed by atoms with E-state index in [1.165, 1.54) is 32.4 Å². The molecule has 3 aromatic rings. The number of rotatable bonds is 6. The Kier molecular flexibility index (Phi) is 6.42. The summed E-state index contributed by atoms with van der Waals surface area (Å²) in [7, 11) is 0. The number of para-hydroxylation sites is 2. The predicted octanol–water partition coefficient (Wildman–Crippen LogP) is -1.68. The summed E-state index contributed by atoms with van der Waals surface area (Å²) in [6, 6.07) is 11.6. The van der Waals surface area contributed by atoms with Gasteiger partial charge in [-0.2, -0.15) is 0 Å². The van der Waals surface area contributed by atoms with Crippen LogP contribution in [0.15, 0.2) is 47.1 Å². The maximum Gasteiger partial charge on any atom is 0.203 e. The van der Waals surface area contributed by atoms with E-state index in [0.717, 1.165) is 24.1 Å². The number of halogens is 1. The van der Waals surface area contributed by atoms with E-state index in [1.807, 2.05) is 22.8 Å². The molecule has 1 aliphatic heterocycles. The highest BCUT2D eigenvalue weighted by Gasteiger charge is 2.18. The number of aliphatic hydroxyl groups excluding tert-OH is 1. The Morgan fingerprint density at radius 3 is 2.41 bits per heavy atom. The molecule has 146 valence electrons. The Morgan fingerprint density at radius 1 is 1.04 bits per heavy atom.